The molecule has 1 heteroatoms. The van der Waals surface area contributed by atoms with Gasteiger partial charge < -0.3 is 5.11 Å². The van der Waals surface area contributed by atoms with Crippen LogP contribution in [0.15, 0.2) is 0 Å². The fourth-order valence-corrected chi connectivity index (χ4v) is 0.644. The van der Waals surface area contributed by atoms with Crippen LogP contribution in [0.2, 0.25) is 0 Å². The maximum atomic E-state index is 8.04. The first-order valence-corrected chi connectivity index (χ1v) is 2.58. The van der Waals surface area contributed by atoms with Crippen LogP contribution in [-0.2, 0) is 0 Å². The summed E-state index contributed by atoms with van der Waals surface area (Å²) in [5.41, 5.74) is 0. The van der Waals surface area contributed by atoms with Crippen LogP contribution in [-0.4, -0.2) is 5.11 Å². The summed E-state index contributed by atoms with van der Waals surface area (Å²) in [7, 11) is 0. The Morgan fingerprint density at radius 3 is 2.29 bits per heavy atom. The van der Waals surface area contributed by atoms with Gasteiger partial charge in [-0.2, -0.15) is 0 Å². The van der Waals surface area contributed by atoms with Crippen molar-refractivity contribution in [3.05, 3.63) is 0 Å². The second-order valence-electron chi connectivity index (χ2n) is 1.88. The van der Waals surface area contributed by atoms with Gasteiger partial charge in [-0.05, 0) is 12.8 Å². The van der Waals surface area contributed by atoms with Crippen molar-refractivity contribution in [2.45, 2.75) is 19.3 Å². The van der Waals surface area contributed by atoms with Gasteiger partial charge in [-0.25, -0.2) is 0 Å². The lowest BCUT2D eigenvalue weighted by Gasteiger charge is -2.17. The lowest BCUT2D eigenvalue weighted by molar-refractivity contribution is 0.396. The van der Waals surface area contributed by atoms with E-state index in [1.54, 1.807) is 0 Å². The predicted octanol–water partition coefficient (Wildman–Crippen LogP) is 1.12. The van der Waals surface area contributed by atoms with Gasteiger partial charge in [0.1, 0.15) is 6.11 Å². The average molecular weight is 96.1 g/mol. The van der Waals surface area contributed by atoms with Gasteiger partial charge in [0.2, 0.25) is 0 Å². The van der Waals surface area contributed by atoms with Crippen molar-refractivity contribution in [2.24, 2.45) is 5.92 Å². The third-order valence-electron chi connectivity index (χ3n) is 1.37. The number of hydrogen-bond donors (Lipinski definition) is 1. The second-order valence-corrected chi connectivity index (χ2v) is 1.88. The Hall–Kier alpha value is -0.640. The van der Waals surface area contributed by atoms with Gasteiger partial charge in [0.15, 0.2) is 0 Å². The predicted molar refractivity (Wildman–Crippen MR) is 27.1 cm³/mol. The SMILES string of the molecule is OC#CC1CCC1. The van der Waals surface area contributed by atoms with Gasteiger partial charge in [-0.3, -0.25) is 0 Å². The summed E-state index contributed by atoms with van der Waals surface area (Å²) in [4.78, 5) is 0. The molecule has 0 aliphatic heterocycles. The van der Waals surface area contributed by atoms with Crippen molar-refractivity contribution in [3.63, 3.8) is 0 Å². The number of rotatable bonds is 0. The van der Waals surface area contributed by atoms with Crippen molar-refractivity contribution in [3.8, 4) is 12.0 Å². The van der Waals surface area contributed by atoms with Crippen LogP contribution in [0.5, 0.6) is 0 Å². The highest BCUT2D eigenvalue weighted by atomic mass is 16.2. The molecule has 0 radical (unpaired) electrons. The molecule has 1 aliphatic rings. The molecule has 0 aromatic rings. The molecular formula is C6H8O. The zero-order valence-electron chi connectivity index (χ0n) is 4.15. The van der Waals surface area contributed by atoms with Crippen molar-refractivity contribution >= 4 is 0 Å². The summed E-state index contributed by atoms with van der Waals surface area (Å²) in [6.45, 7) is 0. The quantitative estimate of drug-likeness (QED) is 0.448. The van der Waals surface area contributed by atoms with Crippen molar-refractivity contribution < 1.29 is 5.11 Å². The van der Waals surface area contributed by atoms with E-state index >= 15 is 0 Å². The minimum atomic E-state index is 0.519. The highest BCUT2D eigenvalue weighted by Gasteiger charge is 2.13. The van der Waals surface area contributed by atoms with Crippen LogP contribution >= 0.6 is 0 Å². The third-order valence-corrected chi connectivity index (χ3v) is 1.37. The van der Waals surface area contributed by atoms with Crippen molar-refractivity contribution in [1.82, 2.24) is 0 Å². The fraction of sp³-hybridized carbons (Fsp3) is 0.667. The second kappa shape index (κ2) is 1.88. The average Bonchev–Trinajstić information content (AvgIpc) is 1.55. The fourth-order valence-electron chi connectivity index (χ4n) is 0.644. The zero-order valence-corrected chi connectivity index (χ0v) is 4.15. The number of aliphatic hydroxyl groups is 1. The summed E-state index contributed by atoms with van der Waals surface area (Å²) in [6, 6.07) is 0. The Labute approximate surface area is 43.4 Å². The lowest BCUT2D eigenvalue weighted by Crippen LogP contribution is -2.07. The first-order chi connectivity index (χ1) is 3.43. The molecule has 1 aliphatic carbocycles. The Kier molecular flexibility index (Phi) is 1.21. The van der Waals surface area contributed by atoms with Crippen LogP contribution < -0.4 is 0 Å². The molecule has 0 amide bonds. The minimum Gasteiger partial charge on any atom is -0.462 e. The van der Waals surface area contributed by atoms with Gasteiger partial charge in [0.25, 0.3) is 0 Å². The topological polar surface area (TPSA) is 20.2 Å². The van der Waals surface area contributed by atoms with Gasteiger partial charge in [0, 0.05) is 5.92 Å². The molecule has 0 aromatic carbocycles. The molecular weight excluding hydrogens is 88.1 g/mol. The molecule has 0 atom stereocenters. The van der Waals surface area contributed by atoms with Crippen molar-refractivity contribution in [1.29, 1.82) is 0 Å². The minimum absolute atomic E-state index is 0.519. The van der Waals surface area contributed by atoms with Gasteiger partial charge in [-0.1, -0.05) is 12.3 Å². The van der Waals surface area contributed by atoms with E-state index < -0.39 is 0 Å². The van der Waals surface area contributed by atoms with E-state index in [4.69, 9.17) is 5.11 Å². The molecule has 0 aromatic heterocycles. The van der Waals surface area contributed by atoms with E-state index in [-0.39, 0.29) is 0 Å². The maximum absolute atomic E-state index is 8.04. The van der Waals surface area contributed by atoms with Crippen LogP contribution in [0.4, 0.5) is 0 Å². The highest BCUT2D eigenvalue weighted by Crippen LogP contribution is 2.24. The molecule has 1 saturated carbocycles. The molecule has 1 N–H and O–H groups in total. The Balaban J connectivity index is 2.23. The number of aliphatic hydroxyl groups excluding tert-OH is 1. The molecule has 1 nitrogen and oxygen atoms in total. The molecule has 0 unspecified atom stereocenters. The Morgan fingerprint density at radius 2 is 2.14 bits per heavy atom. The van der Waals surface area contributed by atoms with Crippen LogP contribution in [0.1, 0.15) is 19.3 Å². The zero-order chi connectivity index (χ0) is 5.11. The molecule has 38 valence electrons. The standard InChI is InChI=1S/C6H8O/c7-5-4-6-2-1-3-6/h6-7H,1-3H2. The largest absolute Gasteiger partial charge is 0.462 e. The number of hydrogen-bond acceptors (Lipinski definition) is 1. The first kappa shape index (κ1) is 4.52. The normalized spacial score (nSPS) is 19.4. The monoisotopic (exact) mass is 96.1 g/mol. The van der Waals surface area contributed by atoms with Gasteiger partial charge in [-0.15, -0.1) is 0 Å². The summed E-state index contributed by atoms with van der Waals surface area (Å²) in [6.07, 6.45) is 5.59. The van der Waals surface area contributed by atoms with Crippen molar-refractivity contribution in [2.75, 3.05) is 0 Å². The first-order valence-electron chi connectivity index (χ1n) is 2.58. The lowest BCUT2D eigenvalue weighted by atomic mass is 9.86. The van der Waals surface area contributed by atoms with Gasteiger partial charge >= 0.3 is 0 Å². The van der Waals surface area contributed by atoms with E-state index in [2.05, 4.69) is 5.92 Å². The van der Waals surface area contributed by atoms with Crippen LogP contribution in [0.3, 0.4) is 0 Å². The van der Waals surface area contributed by atoms with E-state index in [9.17, 15) is 0 Å². The molecule has 1 fully saturated rings. The molecule has 0 bridgehead atoms. The molecule has 0 heterocycles. The van der Waals surface area contributed by atoms with Crippen LogP contribution in [0.25, 0.3) is 0 Å². The smallest absolute Gasteiger partial charge is 0.107 e. The summed E-state index contributed by atoms with van der Waals surface area (Å²) in [5, 5.41) is 8.04. The molecule has 1 rings (SSSR count). The molecule has 7 heavy (non-hydrogen) atoms. The summed E-state index contributed by atoms with van der Waals surface area (Å²) < 4.78 is 0. The summed E-state index contributed by atoms with van der Waals surface area (Å²) >= 11 is 0. The van der Waals surface area contributed by atoms with E-state index in [0.29, 0.717) is 5.92 Å². The molecule has 0 spiro atoms. The van der Waals surface area contributed by atoms with Crippen LogP contribution in [0, 0.1) is 17.9 Å². The highest BCUT2D eigenvalue weighted by molar-refractivity contribution is 5.00. The third kappa shape index (κ3) is 0.866. The van der Waals surface area contributed by atoms with E-state index in [0.717, 1.165) is 0 Å². The van der Waals surface area contributed by atoms with Gasteiger partial charge in [0.05, 0.1) is 0 Å². The maximum Gasteiger partial charge on any atom is 0.107 e. The summed E-state index contributed by atoms with van der Waals surface area (Å²) in [5.74, 6) is 3.21. The van der Waals surface area contributed by atoms with E-state index in [1.165, 1.54) is 19.3 Å². The Morgan fingerprint density at radius 1 is 1.43 bits per heavy atom. The molecule has 0 saturated heterocycles. The Bertz CT molecular complexity index is 103. The van der Waals surface area contributed by atoms with E-state index in [1.807, 2.05) is 6.11 Å².